The molecule has 0 spiro atoms. The Morgan fingerprint density at radius 3 is 1.57 bits per heavy atom. The molecule has 9 nitrogen and oxygen atoms in total. The van der Waals surface area contributed by atoms with Crippen molar-refractivity contribution >= 4 is 34.6 Å². The largest absolute Gasteiger partial charge is 0.340 e. The van der Waals surface area contributed by atoms with Crippen LogP contribution in [-0.4, -0.2) is 31.6 Å². The van der Waals surface area contributed by atoms with E-state index >= 15 is 0 Å². The first-order valence-corrected chi connectivity index (χ1v) is 8.02. The van der Waals surface area contributed by atoms with E-state index in [1.54, 1.807) is 0 Å². The minimum atomic E-state index is -4.32. The molecule has 1 aliphatic heterocycles. The zero-order chi connectivity index (χ0) is 11.0. The normalized spacial score (nSPS) is 26.3. The number of carbonyl (C=O) groups excluding carboxylic acids is 2. The van der Waals surface area contributed by atoms with Crippen LogP contribution in [0.2, 0.25) is 0 Å². The first-order valence-electron chi connectivity index (χ1n) is 2.99. The van der Waals surface area contributed by atoms with Crippen LogP contribution in [0.15, 0.2) is 13.5 Å². The summed E-state index contributed by atoms with van der Waals surface area (Å²) in [5, 5.41) is 0. The van der Waals surface area contributed by atoms with E-state index in [0.29, 0.717) is 0 Å². The summed E-state index contributed by atoms with van der Waals surface area (Å²) in [5.74, 6) is 0. The maximum absolute atomic E-state index is 10.5. The third-order valence-electron chi connectivity index (χ3n) is 1.08. The molecule has 14 heavy (non-hydrogen) atoms. The molecule has 0 aromatic heterocycles. The van der Waals surface area contributed by atoms with Crippen molar-refractivity contribution in [2.75, 3.05) is 0 Å². The molecule has 0 radical (unpaired) electrons. The lowest BCUT2D eigenvalue weighted by Crippen LogP contribution is -1.89. The van der Waals surface area contributed by atoms with Crippen molar-refractivity contribution in [3.05, 3.63) is 0 Å². The van der Waals surface area contributed by atoms with E-state index < -0.39 is 22.5 Å². The van der Waals surface area contributed by atoms with Gasteiger partial charge < -0.3 is 19.6 Å². The first kappa shape index (κ1) is 11.9. The molecule has 4 N–H and O–H groups in total. The fraction of sp³-hybridized carbons (Fsp3) is 0. The Morgan fingerprint density at radius 1 is 0.786 bits per heavy atom. The van der Waals surface area contributed by atoms with Gasteiger partial charge in [-0.25, -0.2) is 0 Å². The van der Waals surface area contributed by atoms with Crippen LogP contribution in [0.25, 0.3) is 0 Å². The van der Waals surface area contributed by atoms with Gasteiger partial charge >= 0.3 is 15.3 Å². The second kappa shape index (κ2) is 3.47. The average Bonchev–Trinajstić information content (AvgIpc) is 1.98. The van der Waals surface area contributed by atoms with Crippen LogP contribution in [0.3, 0.4) is 0 Å². The van der Waals surface area contributed by atoms with Gasteiger partial charge in [-0.05, 0) is 0 Å². The molecule has 0 fully saturated rings. The molecule has 0 saturated carbocycles. The zero-order valence-electron chi connectivity index (χ0n) is 6.44. The smallest absolute Gasteiger partial charge is 0.322 e. The molecule has 0 aliphatic carbocycles. The Kier molecular flexibility index (Phi) is 2.96. The van der Waals surface area contributed by atoms with Gasteiger partial charge in [0.1, 0.15) is 0 Å². The molecule has 0 amide bonds. The van der Waals surface area contributed by atoms with Gasteiger partial charge in [0.2, 0.25) is 7.21 Å². The van der Waals surface area contributed by atoms with Gasteiger partial charge in [-0.2, -0.15) is 9.03 Å². The number of carbonyl (C=O) groups is 2. The predicted octanol–water partition coefficient (Wildman–Crippen LogP) is 0.358. The maximum atomic E-state index is 10.5. The first-order chi connectivity index (χ1) is 6.24. The summed E-state index contributed by atoms with van der Waals surface area (Å²) in [6.45, 7) is 0. The number of nitrogens with zero attached hydrogens (tertiary/aromatic N) is 3. The molecule has 1 rings (SSSR count). The molecule has 0 aromatic carbocycles. The lowest BCUT2D eigenvalue weighted by Gasteiger charge is -2.18. The molecular formula is C2H6N3O6P3. The van der Waals surface area contributed by atoms with E-state index in [4.69, 9.17) is 19.6 Å². The summed E-state index contributed by atoms with van der Waals surface area (Å²) in [7, 11) is -12.3. The minimum absolute atomic E-state index is 0.0168. The fourth-order valence-electron chi connectivity index (χ4n) is 0.708. The van der Waals surface area contributed by atoms with E-state index in [-0.39, 0.29) is 12.1 Å². The van der Waals surface area contributed by atoms with Crippen molar-refractivity contribution in [2.45, 2.75) is 0 Å². The second-order valence-electron chi connectivity index (χ2n) is 2.25. The van der Waals surface area contributed by atoms with Crippen molar-refractivity contribution in [1.82, 2.24) is 0 Å². The number of hydrogen-bond donors (Lipinski definition) is 4. The minimum Gasteiger partial charge on any atom is -0.322 e. The summed E-state index contributed by atoms with van der Waals surface area (Å²) < 4.78 is 8.86. The highest BCUT2D eigenvalue weighted by Gasteiger charge is 2.33. The monoisotopic (exact) mass is 261 g/mol. The molecule has 0 unspecified atom stereocenters. The van der Waals surface area contributed by atoms with Crippen molar-refractivity contribution < 1.29 is 29.2 Å². The Hall–Kier alpha value is -0.130. The van der Waals surface area contributed by atoms with Gasteiger partial charge in [0.15, 0.2) is 12.1 Å². The molecule has 1 heterocycles. The average molecular weight is 261 g/mol. The van der Waals surface area contributed by atoms with Crippen LogP contribution < -0.4 is 0 Å². The van der Waals surface area contributed by atoms with Gasteiger partial charge in [0.25, 0.3) is 0 Å². The highest BCUT2D eigenvalue weighted by molar-refractivity contribution is 7.97. The van der Waals surface area contributed by atoms with E-state index in [2.05, 4.69) is 13.5 Å². The third kappa shape index (κ3) is 2.46. The van der Waals surface area contributed by atoms with Gasteiger partial charge in [-0.3, -0.25) is 9.59 Å². The molecule has 12 heteroatoms. The molecule has 0 bridgehead atoms. The van der Waals surface area contributed by atoms with Crippen molar-refractivity contribution in [3.63, 3.8) is 0 Å². The Bertz CT molecular complexity index is 420. The van der Waals surface area contributed by atoms with E-state index in [9.17, 15) is 9.59 Å². The second-order valence-corrected chi connectivity index (χ2v) is 8.37. The summed E-state index contributed by atoms with van der Waals surface area (Å²) >= 11 is 0. The Balaban J connectivity index is 3.62. The van der Waals surface area contributed by atoms with Crippen LogP contribution in [0.4, 0.5) is 0 Å². The van der Waals surface area contributed by atoms with E-state index in [1.807, 2.05) is 0 Å². The van der Waals surface area contributed by atoms with Crippen molar-refractivity contribution in [3.8, 4) is 0 Å². The van der Waals surface area contributed by atoms with Gasteiger partial charge in [0.05, 0.1) is 0 Å². The Labute approximate surface area is 78.1 Å². The van der Waals surface area contributed by atoms with Gasteiger partial charge in [0, 0.05) is 0 Å². The van der Waals surface area contributed by atoms with Crippen LogP contribution in [0, 0.1) is 0 Å². The Morgan fingerprint density at radius 2 is 1.21 bits per heavy atom. The topological polar surface area (TPSA) is 152 Å². The van der Waals surface area contributed by atoms with Crippen molar-refractivity contribution in [1.29, 1.82) is 0 Å². The van der Waals surface area contributed by atoms with Crippen LogP contribution in [0.5, 0.6) is 0 Å². The van der Waals surface area contributed by atoms with Crippen LogP contribution >= 0.6 is 22.5 Å². The number of hydrogen-bond acceptors (Lipinski definition) is 5. The molecule has 80 valence electrons. The van der Waals surface area contributed by atoms with Crippen LogP contribution in [-0.2, 0) is 9.59 Å². The lowest BCUT2D eigenvalue weighted by molar-refractivity contribution is 0.450. The fourth-order valence-corrected chi connectivity index (χ4v) is 7.19. The van der Waals surface area contributed by atoms with Gasteiger partial charge in [-0.15, -0.1) is 4.52 Å². The van der Waals surface area contributed by atoms with E-state index in [0.717, 1.165) is 0 Å². The third-order valence-corrected chi connectivity index (χ3v) is 7.83. The molecular weight excluding hydrogens is 255 g/mol. The lowest BCUT2D eigenvalue weighted by atomic mass is 11.8. The maximum Gasteiger partial charge on any atom is 0.340 e. The molecule has 1 aliphatic rings. The van der Waals surface area contributed by atoms with Crippen LogP contribution in [0.1, 0.15) is 0 Å². The molecule has 0 saturated heterocycles. The molecule has 0 aromatic rings. The quantitative estimate of drug-likeness (QED) is 0.415. The summed E-state index contributed by atoms with van der Waals surface area (Å²) in [6.07, 6.45) is 0. The summed E-state index contributed by atoms with van der Waals surface area (Å²) in [6, 6.07) is -0.0336. The predicted molar refractivity (Wildman–Crippen MR) is 50.4 cm³/mol. The molecule has 0 atom stereocenters. The SMILES string of the molecule is O=CP1(C=O)=NP(O)(O)=NP(O)(O)=N1. The zero-order valence-corrected chi connectivity index (χ0v) is 9.13. The number of rotatable bonds is 2. The standard InChI is InChI=1S/C2H6N3O6P3/c6-1-12(2-7)3-13(8,9)5-14(10,11)4-12/h1-2,8-11H. The van der Waals surface area contributed by atoms with Crippen molar-refractivity contribution in [2.24, 2.45) is 13.5 Å². The van der Waals surface area contributed by atoms with E-state index in [1.165, 1.54) is 0 Å². The summed E-state index contributed by atoms with van der Waals surface area (Å²) in [4.78, 5) is 56.9. The highest BCUT2D eigenvalue weighted by atomic mass is 31.3. The highest BCUT2D eigenvalue weighted by Crippen LogP contribution is 2.71. The van der Waals surface area contributed by atoms with Gasteiger partial charge in [-0.1, -0.05) is 0 Å². The summed E-state index contributed by atoms with van der Waals surface area (Å²) in [5.41, 5.74) is 0.